The number of nitrogens with zero attached hydrogens (tertiary/aromatic N) is 2. The lowest BCUT2D eigenvalue weighted by atomic mass is 9.78. The molecule has 9 heteroatoms. The van der Waals surface area contributed by atoms with Gasteiger partial charge in [-0.1, -0.05) is 6.07 Å². The molecule has 0 bridgehead atoms. The quantitative estimate of drug-likeness (QED) is 0.791. The van der Waals surface area contributed by atoms with Crippen LogP contribution in [-0.2, 0) is 14.1 Å². The van der Waals surface area contributed by atoms with Crippen LogP contribution in [0.15, 0.2) is 18.3 Å². The number of carbonyl (C=O) groups excluding carboxylic acids is 2. The summed E-state index contributed by atoms with van der Waals surface area (Å²) in [6.45, 7) is 8.29. The largest absolute Gasteiger partial charge is 0.494 e. The number of hydrogen-bond acceptors (Lipinski definition) is 5. The van der Waals surface area contributed by atoms with Crippen LogP contribution >= 0.6 is 0 Å². The number of rotatable bonds is 2. The molecular formula is C17H21BN4O4. The average Bonchev–Trinajstić information content (AvgIpc) is 3.09. The smallest absolute Gasteiger partial charge is 0.399 e. The van der Waals surface area contributed by atoms with Crippen LogP contribution < -0.4 is 15.7 Å². The molecule has 2 aliphatic heterocycles. The van der Waals surface area contributed by atoms with Gasteiger partial charge in [-0.05, 0) is 39.2 Å². The normalized spacial score (nSPS) is 22.2. The molecule has 0 unspecified atom stereocenters. The Morgan fingerprint density at radius 2 is 1.85 bits per heavy atom. The van der Waals surface area contributed by atoms with Gasteiger partial charge in [0.2, 0.25) is 5.91 Å². The molecule has 2 aliphatic rings. The van der Waals surface area contributed by atoms with Crippen molar-refractivity contribution in [2.45, 2.75) is 45.3 Å². The fourth-order valence-electron chi connectivity index (χ4n) is 3.18. The molecule has 0 atom stereocenters. The van der Waals surface area contributed by atoms with Crippen molar-refractivity contribution in [2.24, 2.45) is 0 Å². The van der Waals surface area contributed by atoms with Gasteiger partial charge < -0.3 is 9.31 Å². The summed E-state index contributed by atoms with van der Waals surface area (Å²) in [4.78, 5) is 25.3. The van der Waals surface area contributed by atoms with Gasteiger partial charge >= 0.3 is 13.1 Å². The maximum absolute atomic E-state index is 12.3. The van der Waals surface area contributed by atoms with Gasteiger partial charge in [-0.25, -0.2) is 4.79 Å². The molecule has 0 saturated carbocycles. The summed E-state index contributed by atoms with van der Waals surface area (Å²) in [6.07, 6.45) is 1.95. The molecule has 0 radical (unpaired) electrons. The van der Waals surface area contributed by atoms with Crippen molar-refractivity contribution in [3.8, 4) is 0 Å². The molecule has 4 rings (SSSR count). The monoisotopic (exact) mass is 356 g/mol. The summed E-state index contributed by atoms with van der Waals surface area (Å²) in [5, 5.41) is 10.2. The molecular weight excluding hydrogens is 335 g/mol. The molecule has 3 heterocycles. The van der Waals surface area contributed by atoms with Crippen LogP contribution in [0.4, 0.5) is 10.5 Å². The molecule has 2 N–H and O–H groups in total. The summed E-state index contributed by atoms with van der Waals surface area (Å²) in [7, 11) is -0.549. The van der Waals surface area contributed by atoms with E-state index in [9.17, 15) is 9.59 Å². The van der Waals surface area contributed by atoms with Crippen LogP contribution in [0.3, 0.4) is 0 Å². The lowest BCUT2D eigenvalue weighted by molar-refractivity contribution is -0.120. The van der Waals surface area contributed by atoms with E-state index in [2.05, 4.69) is 15.5 Å². The van der Waals surface area contributed by atoms with Crippen molar-refractivity contribution in [1.29, 1.82) is 0 Å². The fraction of sp³-hybridized carbons (Fsp3) is 0.471. The minimum absolute atomic E-state index is 0.252. The maximum atomic E-state index is 12.3. The number of hydrogen-bond donors (Lipinski definition) is 2. The Kier molecular flexibility index (Phi) is 3.64. The Labute approximate surface area is 151 Å². The molecule has 8 nitrogen and oxygen atoms in total. The first-order valence-electron chi connectivity index (χ1n) is 8.62. The molecule has 2 aromatic rings. The predicted molar refractivity (Wildman–Crippen MR) is 97.3 cm³/mol. The Bertz CT molecular complexity index is 891. The third-order valence-corrected chi connectivity index (χ3v) is 5.42. The first-order valence-corrected chi connectivity index (χ1v) is 8.62. The van der Waals surface area contributed by atoms with E-state index in [0.29, 0.717) is 12.2 Å². The van der Waals surface area contributed by atoms with Gasteiger partial charge in [0, 0.05) is 18.4 Å². The number of benzene rings is 1. The SMILES string of the molecule is CC1(C)OB(c2cc(N3CCC(=O)NC3=O)c3[nH]ncc3c2)OC1(C)C. The van der Waals surface area contributed by atoms with Crippen LogP contribution in [-0.4, -0.2) is 47.0 Å². The predicted octanol–water partition coefficient (Wildman–Crippen LogP) is 1.31. The third-order valence-electron chi connectivity index (χ3n) is 5.42. The zero-order valence-corrected chi connectivity index (χ0v) is 15.3. The molecule has 26 heavy (non-hydrogen) atoms. The maximum Gasteiger partial charge on any atom is 0.494 e. The molecule has 136 valence electrons. The number of aromatic nitrogens is 2. The number of anilines is 1. The van der Waals surface area contributed by atoms with Crippen molar-refractivity contribution in [3.63, 3.8) is 0 Å². The van der Waals surface area contributed by atoms with Crippen LogP contribution in [0.5, 0.6) is 0 Å². The van der Waals surface area contributed by atoms with Crippen molar-refractivity contribution in [1.82, 2.24) is 15.5 Å². The van der Waals surface area contributed by atoms with Gasteiger partial charge in [-0.2, -0.15) is 5.10 Å². The molecule has 1 aromatic heterocycles. The number of aromatic amines is 1. The molecule has 3 amide bonds. The molecule has 1 aromatic carbocycles. The molecule has 2 saturated heterocycles. The molecule has 0 spiro atoms. The summed E-state index contributed by atoms with van der Waals surface area (Å²) < 4.78 is 12.3. The van der Waals surface area contributed by atoms with E-state index in [1.807, 2.05) is 39.8 Å². The van der Waals surface area contributed by atoms with Gasteiger partial charge in [0.15, 0.2) is 0 Å². The van der Waals surface area contributed by atoms with E-state index in [1.165, 1.54) is 4.90 Å². The first-order chi connectivity index (χ1) is 12.2. The second-order valence-corrected chi connectivity index (χ2v) is 7.72. The van der Waals surface area contributed by atoms with Crippen LogP contribution in [0.1, 0.15) is 34.1 Å². The van der Waals surface area contributed by atoms with Crippen LogP contribution in [0, 0.1) is 0 Å². The lowest BCUT2D eigenvalue weighted by Crippen LogP contribution is -2.50. The number of fused-ring (bicyclic) bond motifs is 1. The topological polar surface area (TPSA) is 96.6 Å². The summed E-state index contributed by atoms with van der Waals surface area (Å²) >= 11 is 0. The number of H-pyrrole nitrogens is 1. The summed E-state index contributed by atoms with van der Waals surface area (Å²) in [6, 6.07) is 3.36. The minimum Gasteiger partial charge on any atom is -0.399 e. The van der Waals surface area contributed by atoms with E-state index in [-0.39, 0.29) is 12.3 Å². The van der Waals surface area contributed by atoms with Crippen molar-refractivity contribution < 1.29 is 18.9 Å². The van der Waals surface area contributed by atoms with Gasteiger partial charge in [-0.3, -0.25) is 20.1 Å². The number of imide groups is 1. The van der Waals surface area contributed by atoms with Crippen molar-refractivity contribution >= 4 is 41.1 Å². The second kappa shape index (κ2) is 5.55. The molecule has 0 aliphatic carbocycles. The lowest BCUT2D eigenvalue weighted by Gasteiger charge is -2.32. The highest BCUT2D eigenvalue weighted by Crippen LogP contribution is 2.37. The van der Waals surface area contributed by atoms with E-state index < -0.39 is 24.4 Å². The van der Waals surface area contributed by atoms with Crippen LogP contribution in [0.25, 0.3) is 10.9 Å². The number of amides is 3. The average molecular weight is 356 g/mol. The number of carbonyl (C=O) groups is 2. The summed E-state index contributed by atoms with van der Waals surface area (Å²) in [5.41, 5.74) is 1.26. The Hall–Kier alpha value is -2.39. The zero-order valence-electron chi connectivity index (χ0n) is 15.3. The van der Waals surface area contributed by atoms with Gasteiger partial charge in [0.25, 0.3) is 0 Å². The van der Waals surface area contributed by atoms with E-state index in [4.69, 9.17) is 9.31 Å². The zero-order chi connectivity index (χ0) is 18.7. The highest BCUT2D eigenvalue weighted by Gasteiger charge is 2.52. The summed E-state index contributed by atoms with van der Waals surface area (Å²) in [5.74, 6) is -0.269. The fourth-order valence-corrected chi connectivity index (χ4v) is 3.18. The van der Waals surface area contributed by atoms with Crippen molar-refractivity contribution in [2.75, 3.05) is 11.4 Å². The van der Waals surface area contributed by atoms with Crippen LogP contribution in [0.2, 0.25) is 0 Å². The standard InChI is InChI=1S/C17H21BN4O4/c1-16(2)17(3,4)26-18(25-16)11-7-10-9-19-21-14(10)12(8-11)22-6-5-13(23)20-15(22)24/h7-9H,5-6H2,1-4H3,(H,19,21)(H,20,23,24). The number of nitrogens with one attached hydrogen (secondary N) is 2. The Morgan fingerprint density at radius 3 is 2.50 bits per heavy atom. The second-order valence-electron chi connectivity index (χ2n) is 7.72. The van der Waals surface area contributed by atoms with Gasteiger partial charge in [0.05, 0.1) is 28.6 Å². The molecule has 2 fully saturated rings. The van der Waals surface area contributed by atoms with Crippen molar-refractivity contribution in [3.05, 3.63) is 18.3 Å². The Balaban J connectivity index is 1.77. The number of urea groups is 1. The van der Waals surface area contributed by atoms with Gasteiger partial charge in [0.1, 0.15) is 0 Å². The van der Waals surface area contributed by atoms with E-state index in [0.717, 1.165) is 16.4 Å². The van der Waals surface area contributed by atoms with E-state index >= 15 is 0 Å². The van der Waals surface area contributed by atoms with Gasteiger partial charge in [-0.15, -0.1) is 0 Å². The Morgan fingerprint density at radius 1 is 1.15 bits per heavy atom. The highest BCUT2D eigenvalue weighted by molar-refractivity contribution is 6.62. The first kappa shape index (κ1) is 17.1. The highest BCUT2D eigenvalue weighted by atomic mass is 16.7. The van der Waals surface area contributed by atoms with E-state index in [1.54, 1.807) is 6.20 Å². The third kappa shape index (κ3) is 2.58. The minimum atomic E-state index is -0.549.